The second kappa shape index (κ2) is 35.8. The van der Waals surface area contributed by atoms with Crippen LogP contribution in [-0.4, -0.2) is 80.6 Å². The molecule has 0 saturated heterocycles. The highest BCUT2D eigenvalue weighted by molar-refractivity contribution is 5.72. The zero-order valence-electron chi connectivity index (χ0n) is 34.5. The molecule has 8 nitrogen and oxygen atoms in total. The number of hydrogen-bond donors (Lipinski definition) is 1. The quantitative estimate of drug-likeness (QED) is 0.0291. The zero-order valence-corrected chi connectivity index (χ0v) is 34.5. The van der Waals surface area contributed by atoms with Crippen molar-refractivity contribution >= 4 is 17.9 Å². The Bertz CT molecular complexity index is 911. The van der Waals surface area contributed by atoms with E-state index in [0.717, 1.165) is 64.2 Å². The molecular weight excluding hydrogens is 654 g/mol. The molecule has 0 spiro atoms. The molecular formula is C44H82NO7+. The van der Waals surface area contributed by atoms with E-state index in [2.05, 4.69) is 38.2 Å². The van der Waals surface area contributed by atoms with Crippen molar-refractivity contribution in [1.29, 1.82) is 0 Å². The summed E-state index contributed by atoms with van der Waals surface area (Å²) in [6, 6.07) is -0.614. The first-order valence-corrected chi connectivity index (χ1v) is 21.4. The molecule has 0 rings (SSSR count). The average Bonchev–Trinajstić information content (AvgIpc) is 3.09. The van der Waals surface area contributed by atoms with Crippen molar-refractivity contribution in [3.63, 3.8) is 0 Å². The second-order valence-corrected chi connectivity index (χ2v) is 15.6. The summed E-state index contributed by atoms with van der Waals surface area (Å²) < 4.78 is 17.2. The van der Waals surface area contributed by atoms with Crippen LogP contribution in [0.3, 0.4) is 0 Å². The summed E-state index contributed by atoms with van der Waals surface area (Å²) in [7, 11) is 5.52. The highest BCUT2D eigenvalue weighted by Gasteiger charge is 2.31. The lowest BCUT2D eigenvalue weighted by molar-refractivity contribution is -0.887. The number of rotatable bonds is 38. The number of likely N-dealkylation sites (N-methyl/N-ethyl adjacent to an activating group) is 1. The van der Waals surface area contributed by atoms with E-state index >= 15 is 0 Å². The molecule has 304 valence electrons. The average molecular weight is 737 g/mol. The van der Waals surface area contributed by atoms with E-state index in [1.54, 1.807) is 0 Å². The molecule has 0 aromatic carbocycles. The summed E-state index contributed by atoms with van der Waals surface area (Å²) >= 11 is 0. The molecule has 0 radical (unpaired) electrons. The van der Waals surface area contributed by atoms with Crippen molar-refractivity contribution in [3.05, 3.63) is 24.3 Å². The van der Waals surface area contributed by atoms with Gasteiger partial charge in [0, 0.05) is 19.3 Å². The Balaban J connectivity index is 4.38. The van der Waals surface area contributed by atoms with Crippen LogP contribution in [0.1, 0.15) is 187 Å². The fourth-order valence-electron chi connectivity index (χ4n) is 6.20. The summed E-state index contributed by atoms with van der Waals surface area (Å²) in [5.41, 5.74) is 0. The topological polar surface area (TPSA) is 99.1 Å². The molecule has 0 saturated carbocycles. The fourth-order valence-corrected chi connectivity index (χ4v) is 6.20. The van der Waals surface area contributed by atoms with Crippen LogP contribution >= 0.6 is 0 Å². The molecule has 0 heterocycles. The molecule has 0 amide bonds. The Morgan fingerprint density at radius 2 is 0.962 bits per heavy atom. The number of esters is 2. The van der Waals surface area contributed by atoms with Crippen LogP contribution in [0, 0.1) is 0 Å². The SMILES string of the molecule is CCCCC/C=C\CCCCCCCC(=O)OCC(COCCC(C(=O)O)[N+](C)(C)C)OC(=O)CCCCCCC/C=C\CCCCCCCCC. The second-order valence-electron chi connectivity index (χ2n) is 15.6. The Hall–Kier alpha value is -2.19. The van der Waals surface area contributed by atoms with Crippen molar-refractivity contribution in [2.75, 3.05) is 41.0 Å². The summed E-state index contributed by atoms with van der Waals surface area (Å²) in [5, 5.41) is 9.60. The van der Waals surface area contributed by atoms with E-state index in [4.69, 9.17) is 14.2 Å². The lowest BCUT2D eigenvalue weighted by atomic mass is 10.1. The summed E-state index contributed by atoms with van der Waals surface area (Å²) in [4.78, 5) is 36.9. The number of hydrogen-bond acceptors (Lipinski definition) is 6. The number of unbranched alkanes of at least 4 members (excludes halogenated alkanes) is 20. The van der Waals surface area contributed by atoms with Crippen molar-refractivity contribution in [2.24, 2.45) is 0 Å². The van der Waals surface area contributed by atoms with Gasteiger partial charge in [-0.1, -0.05) is 128 Å². The van der Waals surface area contributed by atoms with Crippen LogP contribution in [0.25, 0.3) is 0 Å². The Labute approximate surface area is 320 Å². The lowest BCUT2D eigenvalue weighted by Gasteiger charge is -2.31. The van der Waals surface area contributed by atoms with Gasteiger partial charge >= 0.3 is 17.9 Å². The maximum atomic E-state index is 12.7. The van der Waals surface area contributed by atoms with Gasteiger partial charge in [0.1, 0.15) is 6.61 Å². The highest BCUT2D eigenvalue weighted by atomic mass is 16.6. The normalized spacial score (nSPS) is 13.2. The first-order chi connectivity index (χ1) is 25.1. The molecule has 1 N–H and O–H groups in total. The molecule has 0 aliphatic rings. The standard InChI is InChI=1S/C44H81NO7/c1-6-8-10-12-14-16-18-20-21-22-23-25-27-29-31-33-35-43(47)52-40(38-50-37-36-41(44(48)49)45(3,4)5)39-51-42(46)34-32-30-28-26-24-19-17-15-13-11-9-7-2/h15,17,21-22,40-41H,6-14,16,18-20,23-39H2,1-5H3/p+1/b17-15-,22-21-. The Morgan fingerprint density at radius 1 is 0.558 bits per heavy atom. The van der Waals surface area contributed by atoms with Gasteiger partial charge in [0.15, 0.2) is 12.1 Å². The summed E-state index contributed by atoms with van der Waals surface area (Å²) in [6.45, 7) is 4.69. The number of carboxylic acids is 1. The molecule has 0 aliphatic carbocycles. The Morgan fingerprint density at radius 3 is 1.42 bits per heavy atom. The highest BCUT2D eigenvalue weighted by Crippen LogP contribution is 2.14. The Kier molecular flexibility index (Phi) is 34.3. The summed E-state index contributed by atoms with van der Waals surface area (Å²) in [5.74, 6) is -1.49. The van der Waals surface area contributed by atoms with Gasteiger partial charge in [-0.2, -0.15) is 0 Å². The molecule has 0 aromatic heterocycles. The van der Waals surface area contributed by atoms with Gasteiger partial charge < -0.3 is 23.8 Å². The van der Waals surface area contributed by atoms with Gasteiger partial charge in [0.25, 0.3) is 0 Å². The first kappa shape index (κ1) is 49.8. The smallest absolute Gasteiger partial charge is 0.362 e. The van der Waals surface area contributed by atoms with Gasteiger partial charge in [-0.05, 0) is 64.2 Å². The molecule has 0 fully saturated rings. The zero-order chi connectivity index (χ0) is 38.5. The third kappa shape index (κ3) is 33.6. The van der Waals surface area contributed by atoms with Crippen LogP contribution < -0.4 is 0 Å². The number of carbonyl (C=O) groups excluding carboxylic acids is 2. The maximum absolute atomic E-state index is 12.7. The predicted molar refractivity (Wildman–Crippen MR) is 215 cm³/mol. The largest absolute Gasteiger partial charge is 0.477 e. The molecule has 2 atom stereocenters. The number of carboxylic acid groups (broad SMARTS) is 1. The number of ether oxygens (including phenoxy) is 3. The van der Waals surface area contributed by atoms with Crippen molar-refractivity contribution in [2.45, 2.75) is 199 Å². The van der Waals surface area contributed by atoms with E-state index in [9.17, 15) is 19.5 Å². The van der Waals surface area contributed by atoms with Crippen molar-refractivity contribution in [3.8, 4) is 0 Å². The minimum atomic E-state index is -0.877. The van der Waals surface area contributed by atoms with E-state index < -0.39 is 18.1 Å². The van der Waals surface area contributed by atoms with Crippen LogP contribution in [0.15, 0.2) is 24.3 Å². The van der Waals surface area contributed by atoms with E-state index in [0.29, 0.717) is 19.3 Å². The monoisotopic (exact) mass is 737 g/mol. The van der Waals surface area contributed by atoms with Gasteiger partial charge in [-0.3, -0.25) is 9.59 Å². The van der Waals surface area contributed by atoms with Crippen LogP contribution in [-0.2, 0) is 28.6 Å². The van der Waals surface area contributed by atoms with Gasteiger partial charge in [-0.25, -0.2) is 4.79 Å². The molecule has 2 unspecified atom stereocenters. The molecule has 0 aromatic rings. The van der Waals surface area contributed by atoms with Gasteiger partial charge in [-0.15, -0.1) is 0 Å². The van der Waals surface area contributed by atoms with Crippen LogP contribution in [0.4, 0.5) is 0 Å². The number of quaternary nitrogens is 1. The number of aliphatic carboxylic acids is 1. The van der Waals surface area contributed by atoms with Gasteiger partial charge in [0.2, 0.25) is 0 Å². The molecule has 52 heavy (non-hydrogen) atoms. The number of carbonyl (C=O) groups is 3. The van der Waals surface area contributed by atoms with Crippen LogP contribution in [0.2, 0.25) is 0 Å². The number of allylic oxidation sites excluding steroid dienone is 4. The third-order valence-corrected chi connectivity index (χ3v) is 9.57. The van der Waals surface area contributed by atoms with E-state index in [1.807, 2.05) is 21.1 Å². The van der Waals surface area contributed by atoms with Gasteiger partial charge in [0.05, 0.1) is 34.4 Å². The number of nitrogens with zero attached hydrogens (tertiary/aromatic N) is 1. The lowest BCUT2D eigenvalue weighted by Crippen LogP contribution is -2.50. The van der Waals surface area contributed by atoms with E-state index in [1.165, 1.54) is 89.9 Å². The summed E-state index contributed by atoms with van der Waals surface area (Å²) in [6.07, 6.45) is 37.8. The van der Waals surface area contributed by atoms with Crippen LogP contribution in [0.5, 0.6) is 0 Å². The fraction of sp³-hybridized carbons (Fsp3) is 0.841. The first-order valence-electron chi connectivity index (χ1n) is 21.4. The molecule has 0 aliphatic heterocycles. The predicted octanol–water partition coefficient (Wildman–Crippen LogP) is 11.3. The van der Waals surface area contributed by atoms with E-state index in [-0.39, 0.29) is 36.2 Å². The molecule has 0 bridgehead atoms. The minimum Gasteiger partial charge on any atom is -0.477 e. The maximum Gasteiger partial charge on any atom is 0.362 e. The van der Waals surface area contributed by atoms with Crippen molar-refractivity contribution < 1.29 is 38.2 Å². The third-order valence-electron chi connectivity index (χ3n) is 9.57. The minimum absolute atomic E-state index is 0.0562. The molecule has 8 heteroatoms. The van der Waals surface area contributed by atoms with Crippen molar-refractivity contribution in [1.82, 2.24) is 0 Å².